The quantitative estimate of drug-likeness (QED) is 0.560. The first-order valence-electron chi connectivity index (χ1n) is 12.1. The molecule has 2 heterocycles. The third-order valence-corrected chi connectivity index (χ3v) is 6.32. The second kappa shape index (κ2) is 11.7. The number of rotatable bonds is 8. The van der Waals surface area contributed by atoms with Crippen LogP contribution in [0.5, 0.6) is 5.75 Å². The number of anilines is 1. The molecule has 0 saturated carbocycles. The van der Waals surface area contributed by atoms with Crippen molar-refractivity contribution >= 4 is 23.4 Å². The average Bonchev–Trinajstić information content (AvgIpc) is 2.79. The average molecular weight is 475 g/mol. The topological polar surface area (TPSA) is 100 Å². The van der Waals surface area contributed by atoms with Gasteiger partial charge in [-0.15, -0.1) is 0 Å². The van der Waals surface area contributed by atoms with Crippen LogP contribution in [0.15, 0.2) is 18.2 Å². The standard InChI is InChI=1S/C25H38N4O5/c1-16(2)24(31)27-17-7-10-21-19(13-17)25(32)29(5)20-9-8-18(34-22(20)15-33-21)14-23(30)26-11-6-12-28(3)4/h7,10,13,16,18,20,22H,6,8-9,11-12,14-15H2,1-5H3,(H,26,30)(H,27,31)/t18-,20-,22+/m0/s1. The largest absolute Gasteiger partial charge is 0.490 e. The van der Waals surface area contributed by atoms with Crippen molar-refractivity contribution in [2.24, 2.45) is 5.92 Å². The van der Waals surface area contributed by atoms with E-state index in [-0.39, 0.29) is 48.5 Å². The van der Waals surface area contributed by atoms with Crippen LogP contribution in [0, 0.1) is 5.92 Å². The van der Waals surface area contributed by atoms with Gasteiger partial charge in [-0.05, 0) is 58.1 Å². The van der Waals surface area contributed by atoms with Crippen LogP contribution < -0.4 is 15.4 Å². The Labute approximate surface area is 202 Å². The Balaban J connectivity index is 1.62. The molecule has 2 aliphatic rings. The molecule has 0 radical (unpaired) electrons. The van der Waals surface area contributed by atoms with Crippen molar-refractivity contribution in [2.45, 2.75) is 57.8 Å². The number of amides is 3. The molecule has 3 amide bonds. The Bertz CT molecular complexity index is 888. The van der Waals surface area contributed by atoms with Gasteiger partial charge in [-0.25, -0.2) is 0 Å². The monoisotopic (exact) mass is 474 g/mol. The van der Waals surface area contributed by atoms with Crippen LogP contribution in [-0.2, 0) is 14.3 Å². The molecule has 0 unspecified atom stereocenters. The predicted octanol–water partition coefficient (Wildman–Crippen LogP) is 2.12. The molecular weight excluding hydrogens is 436 g/mol. The van der Waals surface area contributed by atoms with E-state index in [1.807, 2.05) is 27.9 Å². The van der Waals surface area contributed by atoms with Gasteiger partial charge in [0.1, 0.15) is 18.5 Å². The lowest BCUT2D eigenvalue weighted by atomic mass is 9.94. The van der Waals surface area contributed by atoms with Crippen LogP contribution in [0.3, 0.4) is 0 Å². The van der Waals surface area contributed by atoms with Crippen LogP contribution in [-0.4, -0.2) is 86.6 Å². The second-order valence-corrected chi connectivity index (χ2v) is 9.73. The van der Waals surface area contributed by atoms with E-state index in [0.29, 0.717) is 36.4 Å². The lowest BCUT2D eigenvalue weighted by Gasteiger charge is -2.42. The number of carbonyl (C=O) groups excluding carboxylic acids is 3. The van der Waals surface area contributed by atoms with Gasteiger partial charge in [0.05, 0.1) is 24.1 Å². The molecule has 3 atom stereocenters. The highest BCUT2D eigenvalue weighted by Gasteiger charge is 2.39. The maximum Gasteiger partial charge on any atom is 0.257 e. The lowest BCUT2D eigenvalue weighted by molar-refractivity contribution is -0.134. The van der Waals surface area contributed by atoms with E-state index in [4.69, 9.17) is 9.47 Å². The van der Waals surface area contributed by atoms with E-state index in [1.54, 1.807) is 30.1 Å². The van der Waals surface area contributed by atoms with Gasteiger partial charge in [0.25, 0.3) is 5.91 Å². The molecule has 0 aliphatic carbocycles. The van der Waals surface area contributed by atoms with Crippen LogP contribution in [0.1, 0.15) is 49.9 Å². The Kier molecular flexibility index (Phi) is 8.90. The molecule has 9 nitrogen and oxygen atoms in total. The number of ether oxygens (including phenoxy) is 2. The second-order valence-electron chi connectivity index (χ2n) is 9.73. The van der Waals surface area contributed by atoms with Crippen molar-refractivity contribution in [2.75, 3.05) is 46.2 Å². The fraction of sp³-hybridized carbons (Fsp3) is 0.640. The fourth-order valence-electron chi connectivity index (χ4n) is 4.29. The summed E-state index contributed by atoms with van der Waals surface area (Å²) in [4.78, 5) is 41.5. The van der Waals surface area contributed by atoms with E-state index < -0.39 is 0 Å². The molecule has 1 aromatic carbocycles. The van der Waals surface area contributed by atoms with E-state index in [1.165, 1.54) is 0 Å². The normalized spacial score (nSPS) is 22.4. The number of benzene rings is 1. The van der Waals surface area contributed by atoms with E-state index in [9.17, 15) is 14.4 Å². The minimum atomic E-state index is -0.317. The minimum absolute atomic E-state index is 0.0141. The number of carbonyl (C=O) groups is 3. The first-order valence-corrected chi connectivity index (χ1v) is 12.1. The predicted molar refractivity (Wildman–Crippen MR) is 130 cm³/mol. The zero-order valence-electron chi connectivity index (χ0n) is 20.9. The third-order valence-electron chi connectivity index (χ3n) is 6.32. The Morgan fingerprint density at radius 2 is 2.00 bits per heavy atom. The van der Waals surface area contributed by atoms with Crippen molar-refractivity contribution in [1.82, 2.24) is 15.1 Å². The lowest BCUT2D eigenvalue weighted by Crippen LogP contribution is -2.54. The highest BCUT2D eigenvalue weighted by atomic mass is 16.5. The Morgan fingerprint density at radius 1 is 1.24 bits per heavy atom. The Hall–Kier alpha value is -2.65. The maximum atomic E-state index is 13.3. The van der Waals surface area contributed by atoms with Gasteiger partial charge < -0.3 is 29.9 Å². The first kappa shape index (κ1) is 26.0. The summed E-state index contributed by atoms with van der Waals surface area (Å²) in [6, 6.07) is 4.96. The van der Waals surface area contributed by atoms with Crippen LogP contribution >= 0.6 is 0 Å². The molecule has 2 aliphatic heterocycles. The van der Waals surface area contributed by atoms with Crippen molar-refractivity contribution in [1.29, 1.82) is 0 Å². The van der Waals surface area contributed by atoms with E-state index in [2.05, 4.69) is 15.5 Å². The summed E-state index contributed by atoms with van der Waals surface area (Å²) in [6.07, 6.45) is 2.11. The fourth-order valence-corrected chi connectivity index (χ4v) is 4.29. The molecule has 1 aromatic rings. The summed E-state index contributed by atoms with van der Waals surface area (Å²) in [6.45, 7) is 5.49. The van der Waals surface area contributed by atoms with Gasteiger partial charge >= 0.3 is 0 Å². The summed E-state index contributed by atoms with van der Waals surface area (Å²) in [5, 5.41) is 5.80. The molecule has 1 saturated heterocycles. The number of likely N-dealkylation sites (N-methyl/N-ethyl adjacent to an activating group) is 1. The SMILES string of the molecule is CC(C)C(=O)Nc1ccc2c(c1)C(=O)N(C)[C@H]1CC[C@@H](CC(=O)NCCCN(C)C)O[C@@H]1CO2. The highest BCUT2D eigenvalue weighted by Crippen LogP contribution is 2.32. The number of nitrogens with one attached hydrogen (secondary N) is 2. The van der Waals surface area contributed by atoms with Gasteiger partial charge in [0, 0.05) is 25.2 Å². The van der Waals surface area contributed by atoms with Crippen LogP contribution in [0.4, 0.5) is 5.69 Å². The summed E-state index contributed by atoms with van der Waals surface area (Å²) in [5.41, 5.74) is 0.984. The van der Waals surface area contributed by atoms with Gasteiger partial charge in [-0.1, -0.05) is 13.8 Å². The number of nitrogens with zero attached hydrogens (tertiary/aromatic N) is 2. The van der Waals surface area contributed by atoms with Crippen molar-refractivity contribution in [3.8, 4) is 5.75 Å². The molecular formula is C25H38N4O5. The van der Waals surface area contributed by atoms with Crippen molar-refractivity contribution < 1.29 is 23.9 Å². The highest BCUT2D eigenvalue weighted by molar-refractivity contribution is 6.00. The molecule has 0 aromatic heterocycles. The third kappa shape index (κ3) is 6.70. The number of hydrogen-bond donors (Lipinski definition) is 2. The summed E-state index contributed by atoms with van der Waals surface area (Å²) in [5.74, 6) is -0.00107. The van der Waals surface area contributed by atoms with E-state index >= 15 is 0 Å². The zero-order chi connectivity index (χ0) is 24.8. The van der Waals surface area contributed by atoms with Crippen LogP contribution in [0.2, 0.25) is 0 Å². The molecule has 0 spiro atoms. The van der Waals surface area contributed by atoms with Crippen LogP contribution in [0.25, 0.3) is 0 Å². The summed E-state index contributed by atoms with van der Waals surface area (Å²) < 4.78 is 12.2. The smallest absolute Gasteiger partial charge is 0.257 e. The molecule has 0 bridgehead atoms. The number of hydrogen-bond acceptors (Lipinski definition) is 6. The van der Waals surface area contributed by atoms with Gasteiger partial charge in [-0.2, -0.15) is 0 Å². The molecule has 2 N–H and O–H groups in total. The Morgan fingerprint density at radius 3 is 2.71 bits per heavy atom. The molecule has 9 heteroatoms. The molecule has 34 heavy (non-hydrogen) atoms. The summed E-state index contributed by atoms with van der Waals surface area (Å²) in [7, 11) is 5.79. The first-order chi connectivity index (χ1) is 16.2. The molecule has 3 rings (SSSR count). The summed E-state index contributed by atoms with van der Waals surface area (Å²) >= 11 is 0. The minimum Gasteiger partial charge on any atom is -0.490 e. The maximum absolute atomic E-state index is 13.3. The molecule has 188 valence electrons. The number of fused-ring (bicyclic) bond motifs is 2. The zero-order valence-corrected chi connectivity index (χ0v) is 20.9. The van der Waals surface area contributed by atoms with Gasteiger partial charge in [-0.3, -0.25) is 14.4 Å². The van der Waals surface area contributed by atoms with Gasteiger partial charge in [0.2, 0.25) is 11.8 Å². The van der Waals surface area contributed by atoms with Gasteiger partial charge in [0.15, 0.2) is 0 Å². The molecule has 1 fully saturated rings. The van der Waals surface area contributed by atoms with Crippen molar-refractivity contribution in [3.63, 3.8) is 0 Å². The van der Waals surface area contributed by atoms with E-state index in [0.717, 1.165) is 19.4 Å². The van der Waals surface area contributed by atoms with Crippen molar-refractivity contribution in [3.05, 3.63) is 23.8 Å².